The smallest absolute Gasteiger partial charge is 0.253 e. The number of rotatable bonds is 4. The van der Waals surface area contributed by atoms with Gasteiger partial charge in [0.2, 0.25) is 0 Å². The summed E-state index contributed by atoms with van der Waals surface area (Å²) in [4.78, 5) is 14.8. The van der Waals surface area contributed by atoms with Gasteiger partial charge < -0.3 is 15.5 Å². The quantitative estimate of drug-likeness (QED) is 0.886. The third-order valence-electron chi connectivity index (χ3n) is 3.84. The zero-order valence-electron chi connectivity index (χ0n) is 12.7. The summed E-state index contributed by atoms with van der Waals surface area (Å²) in [5.41, 5.74) is 2.79. The lowest BCUT2D eigenvalue weighted by Crippen LogP contribution is -2.43. The molecule has 1 aliphatic heterocycles. The highest BCUT2D eigenvalue weighted by Crippen LogP contribution is 2.18. The summed E-state index contributed by atoms with van der Waals surface area (Å²) in [6.07, 6.45) is 2.06. The molecule has 1 aromatic carbocycles. The van der Waals surface area contributed by atoms with Gasteiger partial charge in [0, 0.05) is 18.3 Å². The van der Waals surface area contributed by atoms with Crippen LogP contribution in [-0.4, -0.2) is 43.5 Å². The van der Waals surface area contributed by atoms with Gasteiger partial charge in [-0.25, -0.2) is 0 Å². The molecule has 1 saturated heterocycles. The molecule has 110 valence electrons. The molecule has 0 spiro atoms. The van der Waals surface area contributed by atoms with Crippen molar-refractivity contribution in [2.45, 2.75) is 32.7 Å². The lowest BCUT2D eigenvalue weighted by atomic mass is 10.0. The number of aryl methyl sites for hydroxylation is 1. The van der Waals surface area contributed by atoms with Gasteiger partial charge in [-0.05, 0) is 59.0 Å². The van der Waals surface area contributed by atoms with E-state index in [1.807, 2.05) is 32.0 Å². The van der Waals surface area contributed by atoms with E-state index in [0.717, 1.165) is 49.3 Å². The number of hydrogen-bond donors (Lipinski definition) is 2. The summed E-state index contributed by atoms with van der Waals surface area (Å²) in [6, 6.07) is 6.28. The summed E-state index contributed by atoms with van der Waals surface area (Å²) in [5, 5.41) is 6.44. The fraction of sp³-hybridized carbons (Fsp3) is 0.562. The molecule has 4 nitrogen and oxygen atoms in total. The summed E-state index contributed by atoms with van der Waals surface area (Å²) in [7, 11) is 2.13. The van der Waals surface area contributed by atoms with Crippen molar-refractivity contribution < 1.29 is 4.79 Å². The Labute approximate surface area is 121 Å². The predicted octanol–water partition coefficient (Wildman–Crippen LogP) is 2.25. The van der Waals surface area contributed by atoms with E-state index >= 15 is 0 Å². The first-order chi connectivity index (χ1) is 9.60. The van der Waals surface area contributed by atoms with Gasteiger partial charge in [0.1, 0.15) is 0 Å². The van der Waals surface area contributed by atoms with Crippen LogP contribution >= 0.6 is 0 Å². The van der Waals surface area contributed by atoms with E-state index in [4.69, 9.17) is 0 Å². The van der Waals surface area contributed by atoms with Crippen LogP contribution in [0.5, 0.6) is 0 Å². The minimum atomic E-state index is 0.0409. The van der Waals surface area contributed by atoms with Crippen molar-refractivity contribution in [3.8, 4) is 0 Å². The van der Waals surface area contributed by atoms with Crippen LogP contribution < -0.4 is 10.6 Å². The van der Waals surface area contributed by atoms with Gasteiger partial charge in [-0.2, -0.15) is 0 Å². The average Bonchev–Trinajstić information content (AvgIpc) is 2.43. The Hall–Kier alpha value is -1.55. The number of piperidine rings is 1. The van der Waals surface area contributed by atoms with Gasteiger partial charge in [-0.3, -0.25) is 4.79 Å². The Morgan fingerprint density at radius 2 is 2.05 bits per heavy atom. The lowest BCUT2D eigenvalue weighted by molar-refractivity contribution is 0.0917. The van der Waals surface area contributed by atoms with Crippen LogP contribution in [0.3, 0.4) is 0 Å². The highest BCUT2D eigenvalue weighted by molar-refractivity contribution is 6.00. The average molecular weight is 275 g/mol. The first kappa shape index (κ1) is 14.9. The van der Waals surface area contributed by atoms with Gasteiger partial charge in [0.05, 0.1) is 5.56 Å². The number of nitrogens with zero attached hydrogens (tertiary/aromatic N) is 1. The highest BCUT2D eigenvalue weighted by Gasteiger charge is 2.20. The molecule has 0 radical (unpaired) electrons. The third kappa shape index (κ3) is 3.73. The van der Waals surface area contributed by atoms with Crippen LogP contribution in [0.15, 0.2) is 18.2 Å². The molecule has 1 amide bonds. The van der Waals surface area contributed by atoms with E-state index in [-0.39, 0.29) is 5.91 Å². The van der Waals surface area contributed by atoms with Gasteiger partial charge in [-0.15, -0.1) is 0 Å². The molecule has 0 bridgehead atoms. The fourth-order valence-corrected chi connectivity index (χ4v) is 2.61. The zero-order chi connectivity index (χ0) is 14.5. The van der Waals surface area contributed by atoms with Crippen LogP contribution in [0, 0.1) is 6.92 Å². The predicted molar refractivity (Wildman–Crippen MR) is 83.3 cm³/mol. The minimum Gasteiger partial charge on any atom is -0.385 e. The van der Waals surface area contributed by atoms with E-state index in [1.54, 1.807) is 0 Å². The molecule has 2 N–H and O–H groups in total. The maximum atomic E-state index is 12.5. The monoisotopic (exact) mass is 275 g/mol. The first-order valence-corrected chi connectivity index (χ1v) is 7.44. The van der Waals surface area contributed by atoms with Crippen LogP contribution in [0.25, 0.3) is 0 Å². The second-order valence-corrected chi connectivity index (χ2v) is 5.63. The van der Waals surface area contributed by atoms with E-state index < -0.39 is 0 Å². The lowest BCUT2D eigenvalue weighted by Gasteiger charge is -2.29. The van der Waals surface area contributed by atoms with Crippen molar-refractivity contribution in [3.05, 3.63) is 29.3 Å². The van der Waals surface area contributed by atoms with E-state index in [2.05, 4.69) is 22.6 Å². The minimum absolute atomic E-state index is 0.0409. The normalized spacial score (nSPS) is 16.9. The Morgan fingerprint density at radius 1 is 1.35 bits per heavy atom. The summed E-state index contributed by atoms with van der Waals surface area (Å²) in [6.45, 7) is 6.98. The molecule has 1 aliphatic rings. The fourth-order valence-electron chi connectivity index (χ4n) is 2.61. The van der Waals surface area contributed by atoms with E-state index in [9.17, 15) is 4.79 Å². The number of anilines is 1. The molecule has 0 unspecified atom stereocenters. The summed E-state index contributed by atoms with van der Waals surface area (Å²) >= 11 is 0. The second kappa shape index (κ2) is 6.75. The molecule has 2 rings (SSSR count). The zero-order valence-corrected chi connectivity index (χ0v) is 12.7. The van der Waals surface area contributed by atoms with Gasteiger partial charge in [0.25, 0.3) is 5.91 Å². The van der Waals surface area contributed by atoms with Crippen molar-refractivity contribution in [2.24, 2.45) is 0 Å². The third-order valence-corrected chi connectivity index (χ3v) is 3.84. The molecule has 0 atom stereocenters. The SMILES string of the molecule is CCNc1ccc(C)cc1C(=O)NC1CCN(C)CC1. The maximum absolute atomic E-state index is 12.5. The molecular weight excluding hydrogens is 250 g/mol. The van der Waals surface area contributed by atoms with Gasteiger partial charge in [-0.1, -0.05) is 11.6 Å². The molecule has 1 aromatic rings. The number of carbonyl (C=O) groups is 1. The number of benzene rings is 1. The van der Waals surface area contributed by atoms with Crippen LogP contribution in [0.4, 0.5) is 5.69 Å². The number of hydrogen-bond acceptors (Lipinski definition) is 3. The van der Waals surface area contributed by atoms with E-state index in [1.165, 1.54) is 0 Å². The molecule has 20 heavy (non-hydrogen) atoms. The largest absolute Gasteiger partial charge is 0.385 e. The Morgan fingerprint density at radius 3 is 2.70 bits per heavy atom. The van der Waals surface area contributed by atoms with E-state index in [0.29, 0.717) is 6.04 Å². The van der Waals surface area contributed by atoms with Gasteiger partial charge in [0.15, 0.2) is 0 Å². The topological polar surface area (TPSA) is 44.4 Å². The Kier molecular flexibility index (Phi) is 5.01. The van der Waals surface area contributed by atoms with Crippen molar-refractivity contribution in [1.29, 1.82) is 0 Å². The van der Waals surface area contributed by atoms with Gasteiger partial charge >= 0.3 is 0 Å². The maximum Gasteiger partial charge on any atom is 0.253 e. The highest BCUT2D eigenvalue weighted by atomic mass is 16.1. The van der Waals surface area contributed by atoms with Crippen LogP contribution in [-0.2, 0) is 0 Å². The number of nitrogens with one attached hydrogen (secondary N) is 2. The summed E-state index contributed by atoms with van der Waals surface area (Å²) in [5.74, 6) is 0.0409. The molecule has 0 aliphatic carbocycles. The molecular formula is C16H25N3O. The molecule has 1 fully saturated rings. The Bertz CT molecular complexity index is 465. The second-order valence-electron chi connectivity index (χ2n) is 5.63. The molecule has 4 heteroatoms. The molecule has 0 saturated carbocycles. The molecule has 1 heterocycles. The summed E-state index contributed by atoms with van der Waals surface area (Å²) < 4.78 is 0. The standard InChI is InChI=1S/C16H25N3O/c1-4-17-15-6-5-12(2)11-14(15)16(20)18-13-7-9-19(3)10-8-13/h5-6,11,13,17H,4,7-10H2,1-3H3,(H,18,20). The number of carbonyl (C=O) groups excluding carboxylic acids is 1. The Balaban J connectivity index is 2.06. The van der Waals surface area contributed by atoms with Crippen molar-refractivity contribution in [3.63, 3.8) is 0 Å². The van der Waals surface area contributed by atoms with Crippen molar-refractivity contribution in [1.82, 2.24) is 10.2 Å². The van der Waals surface area contributed by atoms with Crippen molar-refractivity contribution >= 4 is 11.6 Å². The number of likely N-dealkylation sites (tertiary alicyclic amines) is 1. The molecule has 0 aromatic heterocycles. The van der Waals surface area contributed by atoms with Crippen molar-refractivity contribution in [2.75, 3.05) is 32.0 Å². The number of amides is 1. The van der Waals surface area contributed by atoms with Crippen LogP contribution in [0.1, 0.15) is 35.7 Å². The first-order valence-electron chi connectivity index (χ1n) is 7.44. The van der Waals surface area contributed by atoms with Crippen LogP contribution in [0.2, 0.25) is 0 Å².